The lowest BCUT2D eigenvalue weighted by Gasteiger charge is -2.24. The van der Waals surface area contributed by atoms with Crippen molar-refractivity contribution in [2.24, 2.45) is 0 Å². The van der Waals surface area contributed by atoms with Gasteiger partial charge < -0.3 is 4.74 Å². The number of carbonyl (C=O) groups is 2. The molecule has 1 atom stereocenters. The minimum Gasteiger partial charge on any atom is -0.444 e. The summed E-state index contributed by atoms with van der Waals surface area (Å²) in [7, 11) is 0. The number of ether oxygens (including phenoxy) is 1. The van der Waals surface area contributed by atoms with Crippen molar-refractivity contribution in [1.82, 2.24) is 0 Å². The Morgan fingerprint density at radius 2 is 1.50 bits per heavy atom. The highest BCUT2D eigenvalue weighted by Gasteiger charge is 2.36. The second-order valence-electron chi connectivity index (χ2n) is 6.89. The van der Waals surface area contributed by atoms with E-state index in [1.165, 1.54) is 0 Å². The van der Waals surface area contributed by atoms with E-state index in [0.29, 0.717) is 12.0 Å². The van der Waals surface area contributed by atoms with E-state index in [1.807, 2.05) is 84.9 Å². The van der Waals surface area contributed by atoms with Gasteiger partial charge in [-0.25, -0.2) is 4.79 Å². The molecule has 3 aromatic rings. The maximum Gasteiger partial charge on any atom is 0.414 e. The minimum absolute atomic E-state index is 0.0271. The molecule has 1 amide bonds. The summed E-state index contributed by atoms with van der Waals surface area (Å²) in [5.41, 5.74) is 3.48. The van der Waals surface area contributed by atoms with Gasteiger partial charge in [-0.1, -0.05) is 78.9 Å². The van der Waals surface area contributed by atoms with E-state index in [-0.39, 0.29) is 24.9 Å². The lowest BCUT2D eigenvalue weighted by molar-refractivity contribution is 0.0972. The van der Waals surface area contributed by atoms with Crippen molar-refractivity contribution in [3.05, 3.63) is 102 Å². The van der Waals surface area contributed by atoms with Gasteiger partial charge in [-0.15, -0.1) is 0 Å². The molecule has 0 unspecified atom stereocenters. The van der Waals surface area contributed by atoms with Gasteiger partial charge in [-0.2, -0.15) is 0 Å². The van der Waals surface area contributed by atoms with Gasteiger partial charge in [-0.3, -0.25) is 9.69 Å². The van der Waals surface area contributed by atoms with E-state index >= 15 is 0 Å². The number of carbonyl (C=O) groups excluding carboxylic acids is 2. The largest absolute Gasteiger partial charge is 0.444 e. The molecule has 1 aliphatic rings. The summed E-state index contributed by atoms with van der Waals surface area (Å²) in [6, 6.07) is 26.3. The van der Waals surface area contributed by atoms with E-state index in [0.717, 1.165) is 16.8 Å². The summed E-state index contributed by atoms with van der Waals surface area (Å²) < 4.78 is 5.56. The van der Waals surface area contributed by atoms with Gasteiger partial charge in [0.15, 0.2) is 5.78 Å². The number of hydrogen-bond acceptors (Lipinski definition) is 3. The molecule has 0 spiro atoms. The first kappa shape index (κ1) is 18.0. The van der Waals surface area contributed by atoms with Crippen molar-refractivity contribution in [2.75, 3.05) is 4.90 Å². The Kier molecular flexibility index (Phi) is 5.20. The molecular weight excluding hydrogens is 350 g/mol. The summed E-state index contributed by atoms with van der Waals surface area (Å²) in [6.45, 7) is 0.206. The van der Waals surface area contributed by atoms with E-state index in [2.05, 4.69) is 0 Å². The fourth-order valence-electron chi connectivity index (χ4n) is 3.62. The number of rotatable bonds is 5. The number of Topliss-reactive ketones (excluding diaryl/α,β-unsaturated/α-hetero) is 1. The van der Waals surface area contributed by atoms with Crippen molar-refractivity contribution in [3.63, 3.8) is 0 Å². The van der Waals surface area contributed by atoms with Crippen molar-refractivity contribution < 1.29 is 14.3 Å². The molecule has 3 aromatic carbocycles. The third kappa shape index (κ3) is 3.81. The molecule has 1 heterocycles. The number of benzene rings is 3. The zero-order chi connectivity index (χ0) is 19.3. The average molecular weight is 371 g/mol. The zero-order valence-corrected chi connectivity index (χ0v) is 15.5. The smallest absolute Gasteiger partial charge is 0.414 e. The van der Waals surface area contributed by atoms with Gasteiger partial charge in [0.1, 0.15) is 6.61 Å². The molecule has 0 radical (unpaired) electrons. The van der Waals surface area contributed by atoms with Gasteiger partial charge >= 0.3 is 6.09 Å². The number of anilines is 1. The van der Waals surface area contributed by atoms with Crippen LogP contribution in [0, 0.1) is 0 Å². The highest BCUT2D eigenvalue weighted by atomic mass is 16.6. The van der Waals surface area contributed by atoms with E-state index in [9.17, 15) is 9.59 Å². The number of amides is 1. The van der Waals surface area contributed by atoms with Crippen LogP contribution in [0.1, 0.15) is 27.9 Å². The molecule has 0 N–H and O–H groups in total. The first-order valence-electron chi connectivity index (χ1n) is 9.38. The van der Waals surface area contributed by atoms with Crippen molar-refractivity contribution in [3.8, 4) is 0 Å². The molecule has 0 fully saturated rings. The van der Waals surface area contributed by atoms with Gasteiger partial charge in [0.25, 0.3) is 0 Å². The number of para-hydroxylation sites is 1. The van der Waals surface area contributed by atoms with Gasteiger partial charge in [-0.05, 0) is 23.6 Å². The Morgan fingerprint density at radius 1 is 0.857 bits per heavy atom. The van der Waals surface area contributed by atoms with Gasteiger partial charge in [0, 0.05) is 12.0 Å². The Balaban J connectivity index is 1.52. The molecule has 0 saturated carbocycles. The van der Waals surface area contributed by atoms with Crippen LogP contribution in [0.5, 0.6) is 0 Å². The van der Waals surface area contributed by atoms with E-state index in [4.69, 9.17) is 4.74 Å². The van der Waals surface area contributed by atoms with E-state index < -0.39 is 6.09 Å². The number of ketones is 1. The monoisotopic (exact) mass is 371 g/mol. The van der Waals surface area contributed by atoms with Crippen LogP contribution in [0.3, 0.4) is 0 Å². The predicted molar refractivity (Wildman–Crippen MR) is 108 cm³/mol. The van der Waals surface area contributed by atoms with Crippen LogP contribution in [0.15, 0.2) is 84.9 Å². The SMILES string of the molecule is O=C(C[C@H]1Cc2ccccc2N1C(=O)OCc1ccccc1)c1ccccc1. The third-order valence-corrected chi connectivity index (χ3v) is 4.99. The quantitative estimate of drug-likeness (QED) is 0.591. The summed E-state index contributed by atoms with van der Waals surface area (Å²) >= 11 is 0. The Bertz CT molecular complexity index is 969. The van der Waals surface area contributed by atoms with Crippen molar-refractivity contribution in [1.29, 1.82) is 0 Å². The molecule has 0 saturated heterocycles. The highest BCUT2D eigenvalue weighted by molar-refractivity contribution is 5.99. The average Bonchev–Trinajstić information content (AvgIpc) is 3.11. The molecule has 28 heavy (non-hydrogen) atoms. The van der Waals surface area contributed by atoms with Crippen LogP contribution >= 0.6 is 0 Å². The molecule has 0 aliphatic carbocycles. The normalized spacial score (nSPS) is 15.1. The molecular formula is C24H21NO3. The highest BCUT2D eigenvalue weighted by Crippen LogP contribution is 2.34. The van der Waals surface area contributed by atoms with Crippen molar-refractivity contribution in [2.45, 2.75) is 25.5 Å². The van der Waals surface area contributed by atoms with Gasteiger partial charge in [0.2, 0.25) is 0 Å². The minimum atomic E-state index is -0.417. The number of hydrogen-bond donors (Lipinski definition) is 0. The zero-order valence-electron chi connectivity index (χ0n) is 15.5. The molecule has 0 bridgehead atoms. The van der Waals surface area contributed by atoms with Crippen LogP contribution in [-0.4, -0.2) is 17.9 Å². The van der Waals surface area contributed by atoms with Crippen LogP contribution in [-0.2, 0) is 17.8 Å². The summed E-state index contributed by atoms with van der Waals surface area (Å²) in [6.07, 6.45) is 0.494. The summed E-state index contributed by atoms with van der Waals surface area (Å²) in [5.74, 6) is 0.0271. The third-order valence-electron chi connectivity index (χ3n) is 4.99. The Labute approximate surface area is 164 Å². The van der Waals surface area contributed by atoms with E-state index in [1.54, 1.807) is 4.90 Å². The first-order valence-corrected chi connectivity index (χ1v) is 9.38. The fraction of sp³-hybridized carbons (Fsp3) is 0.167. The predicted octanol–water partition coefficient (Wildman–Crippen LogP) is 5.03. The molecule has 0 aromatic heterocycles. The second-order valence-corrected chi connectivity index (χ2v) is 6.89. The topological polar surface area (TPSA) is 46.6 Å². The van der Waals surface area contributed by atoms with Crippen molar-refractivity contribution >= 4 is 17.6 Å². The maximum atomic E-state index is 12.9. The maximum absolute atomic E-state index is 12.9. The first-order chi connectivity index (χ1) is 13.7. The molecule has 4 heteroatoms. The Hall–Kier alpha value is -3.40. The second kappa shape index (κ2) is 8.09. The molecule has 4 rings (SSSR count). The van der Waals surface area contributed by atoms with Crippen LogP contribution < -0.4 is 4.90 Å². The fourth-order valence-corrected chi connectivity index (χ4v) is 3.62. The number of fused-ring (bicyclic) bond motifs is 1. The standard InChI is InChI=1S/C24H21NO3/c26-23(19-11-5-2-6-12-19)16-21-15-20-13-7-8-14-22(20)25(21)24(27)28-17-18-9-3-1-4-10-18/h1-14,21H,15-17H2/t21-/m1/s1. The lowest BCUT2D eigenvalue weighted by atomic mass is 10.0. The van der Waals surface area contributed by atoms with Crippen LogP contribution in [0.25, 0.3) is 0 Å². The molecule has 1 aliphatic heterocycles. The Morgan fingerprint density at radius 3 is 2.25 bits per heavy atom. The van der Waals surface area contributed by atoms with Gasteiger partial charge in [0.05, 0.1) is 11.7 Å². The van der Waals surface area contributed by atoms with Crippen LogP contribution in [0.2, 0.25) is 0 Å². The lowest BCUT2D eigenvalue weighted by Crippen LogP contribution is -2.39. The number of nitrogens with zero attached hydrogens (tertiary/aromatic N) is 1. The molecule has 140 valence electrons. The van der Waals surface area contributed by atoms with Crippen LogP contribution in [0.4, 0.5) is 10.5 Å². The summed E-state index contributed by atoms with van der Waals surface area (Å²) in [4.78, 5) is 27.3. The summed E-state index contributed by atoms with van der Waals surface area (Å²) in [5, 5.41) is 0. The molecule has 4 nitrogen and oxygen atoms in total.